The fraction of sp³-hybridized carbons (Fsp3) is 0.286. The van der Waals surface area contributed by atoms with Crippen LogP contribution < -0.4 is 16.8 Å². The summed E-state index contributed by atoms with van der Waals surface area (Å²) in [5.41, 5.74) is 11.2. The molecule has 7 nitrogen and oxygen atoms in total. The fourth-order valence-electron chi connectivity index (χ4n) is 0.946. The van der Waals surface area contributed by atoms with Gasteiger partial charge >= 0.3 is 0 Å². The molecular formula is C7H12N6O. The van der Waals surface area contributed by atoms with E-state index in [1.165, 1.54) is 6.33 Å². The van der Waals surface area contributed by atoms with Gasteiger partial charge < -0.3 is 16.5 Å². The van der Waals surface area contributed by atoms with Crippen LogP contribution in [0.25, 0.3) is 0 Å². The van der Waals surface area contributed by atoms with Crippen molar-refractivity contribution >= 4 is 11.9 Å². The summed E-state index contributed by atoms with van der Waals surface area (Å²) in [6.07, 6.45) is 3.47. The zero-order valence-corrected chi connectivity index (χ0v) is 7.45. The minimum absolute atomic E-state index is 0.308. The maximum Gasteiger partial charge on any atom is 0.243 e. The van der Waals surface area contributed by atoms with Gasteiger partial charge in [0.1, 0.15) is 0 Å². The number of aromatic nitrogens is 2. The van der Waals surface area contributed by atoms with Gasteiger partial charge in [-0.25, -0.2) is 4.98 Å². The maximum absolute atomic E-state index is 11.2. The second-order valence-electron chi connectivity index (χ2n) is 2.77. The quantitative estimate of drug-likeness (QED) is 0.290. The number of amides is 1. The summed E-state index contributed by atoms with van der Waals surface area (Å²) in [6, 6.07) is -0.748. The molecule has 0 aliphatic rings. The zero-order chi connectivity index (χ0) is 10.6. The number of imidazole rings is 1. The lowest BCUT2D eigenvalue weighted by Crippen LogP contribution is -2.46. The Morgan fingerprint density at radius 1 is 1.79 bits per heavy atom. The Morgan fingerprint density at radius 3 is 3.00 bits per heavy atom. The number of hydrogen-bond donors (Lipinski definition) is 5. The normalized spacial score (nSPS) is 12.1. The van der Waals surface area contributed by atoms with Crippen molar-refractivity contribution < 1.29 is 4.79 Å². The Bertz CT molecular complexity index is 319. The second-order valence-corrected chi connectivity index (χ2v) is 2.77. The predicted octanol–water partition coefficient (Wildman–Crippen LogP) is -1.71. The number of H-pyrrole nitrogens is 1. The van der Waals surface area contributed by atoms with Gasteiger partial charge in [-0.05, 0) is 0 Å². The molecule has 1 amide bonds. The van der Waals surface area contributed by atoms with Gasteiger partial charge in [-0.3, -0.25) is 15.5 Å². The smallest absolute Gasteiger partial charge is 0.243 e. The summed E-state index contributed by atoms with van der Waals surface area (Å²) in [5, 5.41) is 8.95. The molecule has 0 saturated carbocycles. The lowest BCUT2D eigenvalue weighted by atomic mass is 10.1. The van der Waals surface area contributed by atoms with Gasteiger partial charge in [0.25, 0.3) is 0 Å². The van der Waals surface area contributed by atoms with Gasteiger partial charge in [0.05, 0.1) is 18.1 Å². The van der Waals surface area contributed by atoms with Crippen molar-refractivity contribution in [3.8, 4) is 0 Å². The summed E-state index contributed by atoms with van der Waals surface area (Å²) < 4.78 is 0. The highest BCUT2D eigenvalue weighted by Gasteiger charge is 2.15. The first-order valence-corrected chi connectivity index (χ1v) is 3.97. The first kappa shape index (κ1) is 10.2. The van der Waals surface area contributed by atoms with E-state index in [2.05, 4.69) is 15.3 Å². The maximum atomic E-state index is 11.2. The van der Waals surface area contributed by atoms with Crippen LogP contribution in [0.1, 0.15) is 5.69 Å². The monoisotopic (exact) mass is 196 g/mol. The average Bonchev–Trinajstić information content (AvgIpc) is 2.55. The summed E-state index contributed by atoms with van der Waals surface area (Å²) in [5.74, 6) is -0.895. The minimum atomic E-state index is -0.748. The highest BCUT2D eigenvalue weighted by molar-refractivity contribution is 5.97. The van der Waals surface area contributed by atoms with E-state index in [1.807, 2.05) is 0 Å². The third-order valence-corrected chi connectivity index (χ3v) is 1.58. The molecule has 14 heavy (non-hydrogen) atoms. The molecule has 0 radical (unpaired) electrons. The van der Waals surface area contributed by atoms with Crippen molar-refractivity contribution in [2.75, 3.05) is 0 Å². The van der Waals surface area contributed by atoms with Crippen LogP contribution in [0.15, 0.2) is 12.5 Å². The van der Waals surface area contributed by atoms with Crippen molar-refractivity contribution in [1.29, 1.82) is 5.41 Å². The van der Waals surface area contributed by atoms with Crippen LogP contribution in [0.2, 0.25) is 0 Å². The van der Waals surface area contributed by atoms with E-state index in [0.29, 0.717) is 12.1 Å². The van der Waals surface area contributed by atoms with Crippen molar-refractivity contribution in [2.45, 2.75) is 12.5 Å². The topological polar surface area (TPSA) is 134 Å². The molecule has 0 aliphatic heterocycles. The number of carbonyl (C=O) groups excluding carboxylic acids is 1. The number of nitrogens with one attached hydrogen (secondary N) is 3. The molecular weight excluding hydrogens is 184 g/mol. The first-order chi connectivity index (χ1) is 6.59. The van der Waals surface area contributed by atoms with E-state index in [0.717, 1.165) is 0 Å². The Balaban J connectivity index is 2.46. The molecule has 0 fully saturated rings. The summed E-state index contributed by atoms with van der Waals surface area (Å²) >= 11 is 0. The number of guanidine groups is 1. The SMILES string of the molecule is N=C(N)NC(=O)[C@@H](N)Cc1c[nH]cn1. The van der Waals surface area contributed by atoms with Crippen LogP contribution in [0.3, 0.4) is 0 Å². The van der Waals surface area contributed by atoms with Gasteiger partial charge in [0.2, 0.25) is 5.91 Å². The van der Waals surface area contributed by atoms with Crippen LogP contribution in [0.4, 0.5) is 0 Å². The van der Waals surface area contributed by atoms with Gasteiger partial charge in [0.15, 0.2) is 5.96 Å². The molecule has 1 rings (SSSR count). The predicted molar refractivity (Wildman–Crippen MR) is 50.3 cm³/mol. The van der Waals surface area contributed by atoms with Gasteiger partial charge in [-0.2, -0.15) is 0 Å². The lowest BCUT2D eigenvalue weighted by Gasteiger charge is -2.08. The van der Waals surface area contributed by atoms with Gasteiger partial charge in [-0.1, -0.05) is 0 Å². The van der Waals surface area contributed by atoms with E-state index in [4.69, 9.17) is 16.9 Å². The second kappa shape index (κ2) is 4.38. The van der Waals surface area contributed by atoms with Gasteiger partial charge in [0, 0.05) is 12.6 Å². The van der Waals surface area contributed by atoms with Crippen LogP contribution in [-0.4, -0.2) is 27.9 Å². The standard InChI is InChI=1S/C7H12N6O/c8-5(6(14)13-7(9)10)1-4-2-11-3-12-4/h2-3,5H,1,8H2,(H,11,12)(H4,9,10,13,14)/t5-/m0/s1. The van der Waals surface area contributed by atoms with Crippen molar-refractivity contribution in [3.05, 3.63) is 18.2 Å². The minimum Gasteiger partial charge on any atom is -0.370 e. The molecule has 0 spiro atoms. The van der Waals surface area contributed by atoms with E-state index in [1.54, 1.807) is 6.20 Å². The first-order valence-electron chi connectivity index (χ1n) is 3.97. The Morgan fingerprint density at radius 2 is 2.50 bits per heavy atom. The van der Waals surface area contributed by atoms with E-state index >= 15 is 0 Å². The number of nitrogens with two attached hydrogens (primary N) is 2. The molecule has 0 unspecified atom stereocenters. The van der Waals surface area contributed by atoms with Crippen LogP contribution in [0.5, 0.6) is 0 Å². The highest BCUT2D eigenvalue weighted by atomic mass is 16.2. The van der Waals surface area contributed by atoms with Crippen LogP contribution >= 0.6 is 0 Å². The highest BCUT2D eigenvalue weighted by Crippen LogP contribution is 1.95. The Kier molecular flexibility index (Phi) is 3.19. The van der Waals surface area contributed by atoms with Crippen LogP contribution in [0, 0.1) is 5.41 Å². The number of carbonyl (C=O) groups is 1. The van der Waals surface area contributed by atoms with E-state index in [9.17, 15) is 4.79 Å². The van der Waals surface area contributed by atoms with Crippen molar-refractivity contribution in [2.24, 2.45) is 11.5 Å². The molecule has 1 aromatic rings. The lowest BCUT2D eigenvalue weighted by molar-refractivity contribution is -0.120. The molecule has 1 atom stereocenters. The summed E-state index contributed by atoms with van der Waals surface area (Å²) in [4.78, 5) is 17.9. The number of hydrogen-bond acceptors (Lipinski definition) is 4. The molecule has 0 aromatic carbocycles. The number of aromatic amines is 1. The summed E-state index contributed by atoms with van der Waals surface area (Å²) in [6.45, 7) is 0. The third-order valence-electron chi connectivity index (χ3n) is 1.58. The van der Waals surface area contributed by atoms with E-state index in [-0.39, 0.29) is 0 Å². The van der Waals surface area contributed by atoms with Crippen molar-refractivity contribution in [3.63, 3.8) is 0 Å². The Labute approximate surface area is 80.4 Å². The third kappa shape index (κ3) is 2.87. The molecule has 7 heteroatoms. The zero-order valence-electron chi connectivity index (χ0n) is 7.45. The van der Waals surface area contributed by atoms with E-state index < -0.39 is 17.9 Å². The fourth-order valence-corrected chi connectivity index (χ4v) is 0.946. The molecule has 1 heterocycles. The molecule has 7 N–H and O–H groups in total. The average molecular weight is 196 g/mol. The largest absolute Gasteiger partial charge is 0.370 e. The van der Waals surface area contributed by atoms with Gasteiger partial charge in [-0.15, -0.1) is 0 Å². The molecule has 76 valence electrons. The molecule has 0 bridgehead atoms. The molecule has 1 aromatic heterocycles. The number of rotatable bonds is 3. The molecule has 0 aliphatic carbocycles. The molecule has 0 saturated heterocycles. The Hall–Kier alpha value is -1.89. The van der Waals surface area contributed by atoms with Crippen molar-refractivity contribution in [1.82, 2.24) is 15.3 Å². The summed E-state index contributed by atoms with van der Waals surface area (Å²) in [7, 11) is 0. The van der Waals surface area contributed by atoms with Crippen LogP contribution in [-0.2, 0) is 11.2 Å². The number of nitrogens with zero attached hydrogens (tertiary/aromatic N) is 1.